The first-order valence-corrected chi connectivity index (χ1v) is 9.63. The van der Waals surface area contributed by atoms with Crippen LogP contribution in [0.4, 0.5) is 11.4 Å². The Morgan fingerprint density at radius 3 is 2.66 bits per heavy atom. The number of phenols is 1. The number of nitro groups is 1. The molecule has 0 unspecified atom stereocenters. The number of non-ortho nitro benzene ring substituents is 1. The lowest BCUT2D eigenvalue weighted by Gasteiger charge is -2.14. The highest BCUT2D eigenvalue weighted by atomic mass is 35.5. The van der Waals surface area contributed by atoms with Crippen LogP contribution < -0.4 is 5.32 Å². The van der Waals surface area contributed by atoms with Crippen molar-refractivity contribution in [2.75, 3.05) is 11.9 Å². The average molecular weight is 450 g/mol. The monoisotopic (exact) mass is 449 g/mol. The molecule has 2 aromatic rings. The highest BCUT2D eigenvalue weighted by molar-refractivity contribution is 8.26. The number of aromatic hydroxyl groups is 1. The van der Waals surface area contributed by atoms with Crippen molar-refractivity contribution in [3.63, 3.8) is 0 Å². The van der Waals surface area contributed by atoms with Gasteiger partial charge in [-0.05, 0) is 36.4 Å². The third-order valence-corrected chi connectivity index (χ3v) is 5.43. The van der Waals surface area contributed by atoms with Crippen LogP contribution in [0.1, 0.15) is 5.56 Å². The number of carbonyl (C=O) groups is 2. The smallest absolute Gasteiger partial charge is 0.269 e. The Hall–Kier alpha value is -2.95. The number of hydrogen-bond acceptors (Lipinski definition) is 7. The SMILES string of the molecule is O=C(CN1C(=O)/C(=C/c2cc(Cl)ccc2O)SC1=S)Nc1ccc([N+](=O)[O-])cc1. The number of hydrogen-bond donors (Lipinski definition) is 2. The average Bonchev–Trinajstić information content (AvgIpc) is 2.92. The predicted molar refractivity (Wildman–Crippen MR) is 115 cm³/mol. The first kappa shape index (κ1) is 20.8. The first-order chi connectivity index (χ1) is 13.7. The molecule has 2 amide bonds. The fourth-order valence-electron chi connectivity index (χ4n) is 2.43. The molecule has 1 heterocycles. The summed E-state index contributed by atoms with van der Waals surface area (Å²) in [6.07, 6.45) is 1.45. The number of anilines is 1. The molecule has 1 aliphatic rings. The summed E-state index contributed by atoms with van der Waals surface area (Å²) in [6.45, 7) is -0.319. The molecule has 1 aliphatic heterocycles. The number of halogens is 1. The summed E-state index contributed by atoms with van der Waals surface area (Å²) < 4.78 is 0.196. The van der Waals surface area contributed by atoms with E-state index in [-0.39, 0.29) is 27.2 Å². The van der Waals surface area contributed by atoms with Crippen LogP contribution in [0.25, 0.3) is 6.08 Å². The van der Waals surface area contributed by atoms with Gasteiger partial charge < -0.3 is 10.4 Å². The summed E-state index contributed by atoms with van der Waals surface area (Å²) in [7, 11) is 0. The highest BCUT2D eigenvalue weighted by Crippen LogP contribution is 2.34. The lowest BCUT2D eigenvalue weighted by atomic mass is 10.2. The maximum atomic E-state index is 12.6. The van der Waals surface area contributed by atoms with E-state index in [9.17, 15) is 24.8 Å². The van der Waals surface area contributed by atoms with Crippen LogP contribution in [0.2, 0.25) is 5.02 Å². The van der Waals surface area contributed by atoms with Crippen molar-refractivity contribution in [1.82, 2.24) is 4.90 Å². The maximum absolute atomic E-state index is 12.6. The van der Waals surface area contributed by atoms with E-state index in [4.69, 9.17) is 23.8 Å². The molecule has 8 nitrogen and oxygen atoms in total. The van der Waals surface area contributed by atoms with Gasteiger partial charge in [0.1, 0.15) is 16.6 Å². The van der Waals surface area contributed by atoms with Crippen LogP contribution in [0.3, 0.4) is 0 Å². The molecule has 0 bridgehead atoms. The fourth-order valence-corrected chi connectivity index (χ4v) is 3.86. The zero-order valence-electron chi connectivity index (χ0n) is 14.5. The van der Waals surface area contributed by atoms with Gasteiger partial charge in [-0.1, -0.05) is 35.6 Å². The number of carbonyl (C=O) groups excluding carboxylic acids is 2. The number of nitrogens with one attached hydrogen (secondary N) is 1. The second-order valence-corrected chi connectivity index (χ2v) is 7.94. The summed E-state index contributed by atoms with van der Waals surface area (Å²) in [5.41, 5.74) is 0.605. The summed E-state index contributed by atoms with van der Waals surface area (Å²) in [5.74, 6) is -1.03. The Morgan fingerprint density at radius 2 is 2.00 bits per heavy atom. The second-order valence-electron chi connectivity index (χ2n) is 5.82. The molecule has 1 fully saturated rings. The van der Waals surface area contributed by atoms with Crippen LogP contribution in [0.5, 0.6) is 5.75 Å². The Morgan fingerprint density at radius 1 is 1.31 bits per heavy atom. The van der Waals surface area contributed by atoms with Gasteiger partial charge in [-0.3, -0.25) is 24.6 Å². The van der Waals surface area contributed by atoms with E-state index in [0.717, 1.165) is 16.7 Å². The molecule has 0 atom stereocenters. The number of phenolic OH excluding ortho intramolecular Hbond substituents is 1. The van der Waals surface area contributed by atoms with Crippen LogP contribution in [-0.4, -0.2) is 37.6 Å². The molecule has 0 spiro atoms. The van der Waals surface area contributed by atoms with Crippen LogP contribution in [0.15, 0.2) is 47.4 Å². The van der Waals surface area contributed by atoms with Crippen molar-refractivity contribution >= 4 is 69.2 Å². The van der Waals surface area contributed by atoms with Gasteiger partial charge >= 0.3 is 0 Å². The van der Waals surface area contributed by atoms with Crippen LogP contribution >= 0.6 is 35.6 Å². The maximum Gasteiger partial charge on any atom is 0.269 e. The van der Waals surface area contributed by atoms with Gasteiger partial charge in [0, 0.05) is 28.4 Å². The van der Waals surface area contributed by atoms with E-state index < -0.39 is 16.7 Å². The Balaban J connectivity index is 1.69. The van der Waals surface area contributed by atoms with E-state index >= 15 is 0 Å². The number of thioether (sulfide) groups is 1. The first-order valence-electron chi connectivity index (χ1n) is 8.03. The van der Waals surface area contributed by atoms with E-state index in [0.29, 0.717) is 16.3 Å². The van der Waals surface area contributed by atoms with E-state index in [2.05, 4.69) is 5.32 Å². The molecule has 2 N–H and O–H groups in total. The van der Waals surface area contributed by atoms with Gasteiger partial charge in [0.05, 0.1) is 9.83 Å². The number of nitro benzene ring substituents is 1. The molecule has 0 aliphatic carbocycles. The molecule has 0 aromatic heterocycles. The van der Waals surface area contributed by atoms with Crippen LogP contribution in [-0.2, 0) is 9.59 Å². The molecular weight excluding hydrogens is 438 g/mol. The zero-order chi connectivity index (χ0) is 21.1. The standard InChI is InChI=1S/C18H12ClN3O5S2/c19-11-1-6-14(23)10(7-11)8-15-17(25)21(18(28)29-15)9-16(24)20-12-2-4-13(5-3-12)22(26)27/h1-8,23H,9H2,(H,20,24)/b15-8-. The Kier molecular flexibility index (Phi) is 6.16. The molecule has 29 heavy (non-hydrogen) atoms. The lowest BCUT2D eigenvalue weighted by Crippen LogP contribution is -2.36. The molecule has 2 aromatic carbocycles. The summed E-state index contributed by atoms with van der Waals surface area (Å²) in [5, 5.41) is 23.5. The van der Waals surface area contributed by atoms with Gasteiger partial charge in [0.25, 0.3) is 11.6 Å². The van der Waals surface area contributed by atoms with Gasteiger partial charge in [-0.2, -0.15) is 0 Å². The third kappa shape index (κ3) is 4.91. The minimum absolute atomic E-state index is 0.0458. The van der Waals surface area contributed by atoms with Crippen molar-refractivity contribution in [2.45, 2.75) is 0 Å². The molecule has 11 heteroatoms. The predicted octanol–water partition coefficient (Wildman–Crippen LogP) is 3.79. The van der Waals surface area contributed by atoms with Gasteiger partial charge in [-0.25, -0.2) is 0 Å². The molecule has 148 valence electrons. The minimum atomic E-state index is -0.546. The largest absolute Gasteiger partial charge is 0.507 e. The topological polar surface area (TPSA) is 113 Å². The van der Waals surface area contributed by atoms with Crippen molar-refractivity contribution in [3.05, 3.63) is 68.1 Å². The number of amides is 2. The van der Waals surface area contributed by atoms with E-state index in [1.165, 1.54) is 48.5 Å². The fraction of sp³-hybridized carbons (Fsp3) is 0.0556. The van der Waals surface area contributed by atoms with Crippen molar-refractivity contribution in [1.29, 1.82) is 0 Å². The van der Waals surface area contributed by atoms with Gasteiger partial charge in [-0.15, -0.1) is 0 Å². The molecule has 0 radical (unpaired) electrons. The highest BCUT2D eigenvalue weighted by Gasteiger charge is 2.33. The molecule has 1 saturated heterocycles. The number of nitrogens with zero attached hydrogens (tertiary/aromatic N) is 2. The third-order valence-electron chi connectivity index (χ3n) is 3.81. The van der Waals surface area contributed by atoms with Crippen molar-refractivity contribution in [3.8, 4) is 5.75 Å². The number of thiocarbonyl (C=S) groups is 1. The van der Waals surface area contributed by atoms with Gasteiger partial charge in [0.15, 0.2) is 0 Å². The normalized spacial score (nSPS) is 15.1. The van der Waals surface area contributed by atoms with E-state index in [1.807, 2.05) is 0 Å². The van der Waals surface area contributed by atoms with E-state index in [1.54, 1.807) is 0 Å². The quantitative estimate of drug-likeness (QED) is 0.309. The summed E-state index contributed by atoms with van der Waals surface area (Å²) in [6, 6.07) is 9.73. The molecular formula is C18H12ClN3O5S2. The summed E-state index contributed by atoms with van der Waals surface area (Å²) in [4.78, 5) is 36.4. The lowest BCUT2D eigenvalue weighted by molar-refractivity contribution is -0.384. The number of rotatable bonds is 5. The van der Waals surface area contributed by atoms with Crippen molar-refractivity contribution in [2.24, 2.45) is 0 Å². The second kappa shape index (κ2) is 8.60. The van der Waals surface area contributed by atoms with Crippen molar-refractivity contribution < 1.29 is 19.6 Å². The van der Waals surface area contributed by atoms with Gasteiger partial charge in [0.2, 0.25) is 5.91 Å². The Labute approximate surface area is 179 Å². The minimum Gasteiger partial charge on any atom is -0.507 e. The Bertz CT molecular complexity index is 1060. The van der Waals surface area contributed by atoms with Crippen LogP contribution in [0, 0.1) is 10.1 Å². The number of benzene rings is 2. The zero-order valence-corrected chi connectivity index (χ0v) is 16.9. The molecule has 3 rings (SSSR count). The molecule has 0 saturated carbocycles. The summed E-state index contributed by atoms with van der Waals surface area (Å²) >= 11 is 12.1.